The molecule has 1 unspecified atom stereocenters. The molecule has 2 N–H and O–H groups in total. The summed E-state index contributed by atoms with van der Waals surface area (Å²) < 4.78 is 39.3. The number of benzene rings is 1. The lowest BCUT2D eigenvalue weighted by molar-refractivity contribution is -0.122. The van der Waals surface area contributed by atoms with Gasteiger partial charge in [0.2, 0.25) is 15.9 Å². The van der Waals surface area contributed by atoms with Gasteiger partial charge in [-0.15, -0.1) is 0 Å². The van der Waals surface area contributed by atoms with E-state index in [0.29, 0.717) is 43.4 Å². The van der Waals surface area contributed by atoms with Gasteiger partial charge in [0.05, 0.1) is 4.90 Å². The minimum Gasteiger partial charge on any atom is -0.486 e. The topological polar surface area (TPSA) is 93.7 Å². The molecule has 0 saturated carbocycles. The Morgan fingerprint density at radius 1 is 1.06 bits per heavy atom. The molecule has 31 heavy (non-hydrogen) atoms. The molecule has 1 heterocycles. The number of hydrogen-bond donors (Lipinski definition) is 2. The van der Waals surface area contributed by atoms with Crippen LogP contribution in [0, 0.1) is 0 Å². The number of sulfonamides is 1. The molecule has 0 aliphatic carbocycles. The van der Waals surface area contributed by atoms with Gasteiger partial charge in [0.15, 0.2) is 11.5 Å². The van der Waals surface area contributed by atoms with Gasteiger partial charge in [-0.2, -0.15) is 16.5 Å². The van der Waals surface area contributed by atoms with Crippen molar-refractivity contribution >= 4 is 27.7 Å². The van der Waals surface area contributed by atoms with Crippen molar-refractivity contribution in [3.8, 4) is 11.5 Å². The molecular formula is C22H36N2O5S2. The van der Waals surface area contributed by atoms with Crippen LogP contribution in [0.3, 0.4) is 0 Å². The molecule has 7 nitrogen and oxygen atoms in total. The highest BCUT2D eigenvalue weighted by Crippen LogP contribution is 2.32. The molecule has 1 aliphatic heterocycles. The first-order chi connectivity index (χ1) is 15.0. The second-order valence-corrected chi connectivity index (χ2v) is 10.4. The average molecular weight is 473 g/mol. The summed E-state index contributed by atoms with van der Waals surface area (Å²) in [5.41, 5.74) is 0. The average Bonchev–Trinajstić information content (AvgIpc) is 2.77. The number of carbonyl (C=O) groups excluding carboxylic acids is 1. The molecule has 176 valence electrons. The predicted octanol–water partition coefficient (Wildman–Crippen LogP) is 3.72. The van der Waals surface area contributed by atoms with Crippen LogP contribution in [0.1, 0.15) is 58.3 Å². The molecule has 1 amide bonds. The van der Waals surface area contributed by atoms with Crippen LogP contribution in [-0.2, 0) is 14.8 Å². The number of fused-ring (bicyclic) bond motifs is 1. The smallest absolute Gasteiger partial charge is 0.241 e. The Morgan fingerprint density at radius 3 is 2.45 bits per heavy atom. The van der Waals surface area contributed by atoms with Crippen LogP contribution in [0.2, 0.25) is 0 Å². The van der Waals surface area contributed by atoms with Crippen LogP contribution >= 0.6 is 11.8 Å². The van der Waals surface area contributed by atoms with Crippen molar-refractivity contribution in [1.29, 1.82) is 0 Å². The zero-order valence-electron chi connectivity index (χ0n) is 18.7. The molecule has 1 aliphatic rings. The summed E-state index contributed by atoms with van der Waals surface area (Å²) in [5.74, 6) is 1.33. The van der Waals surface area contributed by atoms with Crippen LogP contribution in [0.25, 0.3) is 0 Å². The molecule has 0 spiro atoms. The third-order valence-electron chi connectivity index (χ3n) is 5.13. The lowest BCUT2D eigenvalue weighted by atomic mass is 10.1. The zero-order chi connectivity index (χ0) is 22.5. The Labute approximate surface area is 191 Å². The third-order valence-corrected chi connectivity index (χ3v) is 7.24. The van der Waals surface area contributed by atoms with Crippen molar-refractivity contribution < 1.29 is 22.7 Å². The normalized spacial score (nSPS) is 14.3. The summed E-state index contributed by atoms with van der Waals surface area (Å²) in [5, 5.41) is 2.90. The third kappa shape index (κ3) is 8.90. The maximum absolute atomic E-state index is 12.9. The fourth-order valence-electron chi connectivity index (χ4n) is 3.34. The number of ether oxygens (including phenoxy) is 2. The van der Waals surface area contributed by atoms with Crippen molar-refractivity contribution in [3.05, 3.63) is 18.2 Å². The van der Waals surface area contributed by atoms with E-state index in [1.54, 1.807) is 17.8 Å². The van der Waals surface area contributed by atoms with Gasteiger partial charge in [-0.05, 0) is 37.0 Å². The molecule has 0 radical (unpaired) electrons. The van der Waals surface area contributed by atoms with Crippen LogP contribution in [0.15, 0.2) is 23.1 Å². The largest absolute Gasteiger partial charge is 0.486 e. The van der Waals surface area contributed by atoms with Gasteiger partial charge < -0.3 is 14.8 Å². The Morgan fingerprint density at radius 2 is 1.74 bits per heavy atom. The monoisotopic (exact) mass is 472 g/mol. The van der Waals surface area contributed by atoms with Crippen molar-refractivity contribution in [2.45, 2.75) is 69.2 Å². The van der Waals surface area contributed by atoms with Crippen LogP contribution in [-0.4, -0.2) is 52.1 Å². The molecule has 0 bridgehead atoms. The molecular weight excluding hydrogens is 436 g/mol. The lowest BCUT2D eigenvalue weighted by Gasteiger charge is -2.21. The Kier molecular flexibility index (Phi) is 11.5. The zero-order valence-corrected chi connectivity index (χ0v) is 20.3. The van der Waals surface area contributed by atoms with Gasteiger partial charge in [0, 0.05) is 12.6 Å². The molecule has 1 aromatic rings. The number of rotatable bonds is 15. The fraction of sp³-hybridized carbons (Fsp3) is 0.682. The first-order valence-corrected chi connectivity index (χ1v) is 14.0. The SMILES string of the molecule is CCCCCCCCCNC(=O)C(CCSC)NS(=O)(=O)c1ccc2c(c1)OCCO2. The van der Waals surface area contributed by atoms with Gasteiger partial charge in [0.1, 0.15) is 19.3 Å². The summed E-state index contributed by atoms with van der Waals surface area (Å²) >= 11 is 1.58. The molecule has 9 heteroatoms. The van der Waals surface area contributed by atoms with E-state index in [4.69, 9.17) is 9.47 Å². The van der Waals surface area contributed by atoms with Crippen molar-refractivity contribution in [3.63, 3.8) is 0 Å². The molecule has 0 saturated heterocycles. The molecule has 0 aromatic heterocycles. The summed E-state index contributed by atoms with van der Waals surface area (Å²) in [6.45, 7) is 3.58. The van der Waals surface area contributed by atoms with E-state index < -0.39 is 16.1 Å². The summed E-state index contributed by atoms with van der Waals surface area (Å²) in [7, 11) is -3.87. The molecule has 1 atom stereocenters. The number of unbranched alkanes of at least 4 members (excludes halogenated alkanes) is 6. The summed E-state index contributed by atoms with van der Waals surface area (Å²) in [6.07, 6.45) is 10.5. The first kappa shape index (κ1) is 25.8. The molecule has 2 rings (SSSR count). The molecule has 1 aromatic carbocycles. The second kappa shape index (κ2) is 13.9. The van der Waals surface area contributed by atoms with Gasteiger partial charge in [-0.25, -0.2) is 8.42 Å². The predicted molar refractivity (Wildman–Crippen MR) is 126 cm³/mol. The lowest BCUT2D eigenvalue weighted by Crippen LogP contribution is -2.47. The highest BCUT2D eigenvalue weighted by molar-refractivity contribution is 7.98. The highest BCUT2D eigenvalue weighted by Gasteiger charge is 2.26. The second-order valence-electron chi connectivity index (χ2n) is 7.67. The number of thioether (sulfide) groups is 1. The Balaban J connectivity index is 1.89. The van der Waals surface area contributed by atoms with Crippen molar-refractivity contribution in [1.82, 2.24) is 10.0 Å². The van der Waals surface area contributed by atoms with Gasteiger partial charge in [-0.1, -0.05) is 45.4 Å². The van der Waals surface area contributed by atoms with E-state index in [0.717, 1.165) is 12.8 Å². The Hall–Kier alpha value is -1.45. The van der Waals surface area contributed by atoms with Crippen LogP contribution < -0.4 is 19.5 Å². The minimum atomic E-state index is -3.87. The number of amides is 1. The van der Waals surface area contributed by atoms with Gasteiger partial charge in [-0.3, -0.25) is 4.79 Å². The summed E-state index contributed by atoms with van der Waals surface area (Å²) in [6, 6.07) is 3.69. The van der Waals surface area contributed by atoms with Gasteiger partial charge >= 0.3 is 0 Å². The number of hydrogen-bond acceptors (Lipinski definition) is 6. The van der Waals surface area contributed by atoms with Crippen molar-refractivity contribution in [2.75, 3.05) is 31.8 Å². The standard InChI is InChI=1S/C22H36N2O5S2/c1-3-4-5-6-7-8-9-13-23-22(25)19(12-16-30-2)24-31(26,27)18-10-11-20-21(17-18)29-15-14-28-20/h10-11,17,19,24H,3-9,12-16H2,1-2H3,(H,23,25). The van der Waals surface area contributed by atoms with Crippen LogP contribution in [0.4, 0.5) is 0 Å². The number of nitrogens with one attached hydrogen (secondary N) is 2. The quantitative estimate of drug-likeness (QED) is 0.378. The summed E-state index contributed by atoms with van der Waals surface area (Å²) in [4.78, 5) is 12.7. The maximum Gasteiger partial charge on any atom is 0.241 e. The highest BCUT2D eigenvalue weighted by atomic mass is 32.2. The van der Waals surface area contributed by atoms with E-state index in [2.05, 4.69) is 17.0 Å². The fourth-order valence-corrected chi connectivity index (χ4v) is 5.06. The van der Waals surface area contributed by atoms with E-state index in [9.17, 15) is 13.2 Å². The van der Waals surface area contributed by atoms with E-state index in [1.165, 1.54) is 44.2 Å². The van der Waals surface area contributed by atoms with E-state index >= 15 is 0 Å². The molecule has 0 fully saturated rings. The van der Waals surface area contributed by atoms with E-state index in [1.807, 2.05) is 6.26 Å². The van der Waals surface area contributed by atoms with Crippen molar-refractivity contribution in [2.24, 2.45) is 0 Å². The first-order valence-electron chi connectivity index (χ1n) is 11.2. The number of carbonyl (C=O) groups is 1. The minimum absolute atomic E-state index is 0.0609. The Bertz CT molecular complexity index is 786. The van der Waals surface area contributed by atoms with Crippen LogP contribution in [0.5, 0.6) is 11.5 Å². The maximum atomic E-state index is 12.9. The van der Waals surface area contributed by atoms with Gasteiger partial charge in [0.25, 0.3) is 0 Å². The van der Waals surface area contributed by atoms with E-state index in [-0.39, 0.29) is 10.8 Å².